The summed E-state index contributed by atoms with van der Waals surface area (Å²) in [4.78, 5) is 0. The van der Waals surface area contributed by atoms with Crippen molar-refractivity contribution < 1.29 is 20.4 Å². The lowest BCUT2D eigenvalue weighted by Crippen LogP contribution is -2.46. The van der Waals surface area contributed by atoms with Crippen molar-refractivity contribution in [3.8, 4) is 0 Å². The Labute approximate surface area is 79.2 Å². The third kappa shape index (κ3) is 1.14. The molecule has 0 saturated heterocycles. The van der Waals surface area contributed by atoms with Gasteiger partial charge in [0.1, 0.15) is 24.4 Å². The van der Waals surface area contributed by atoms with Crippen molar-refractivity contribution in [2.45, 2.75) is 24.4 Å². The molecule has 1 aromatic rings. The summed E-state index contributed by atoms with van der Waals surface area (Å²) < 4.78 is 1.22. The first-order valence-electron chi connectivity index (χ1n) is 4.22. The van der Waals surface area contributed by atoms with E-state index in [1.165, 1.54) is 10.9 Å². The molecule has 1 aliphatic heterocycles. The first kappa shape index (κ1) is 9.53. The first-order chi connectivity index (χ1) is 6.66. The molecule has 1 aromatic heterocycles. The SMILES string of the molecule is OC[C@@H]1[C@@H](O)[C@H](O)[C@H](O)c2cnnn21. The highest BCUT2D eigenvalue weighted by atomic mass is 16.4. The molecule has 14 heavy (non-hydrogen) atoms. The molecule has 0 fully saturated rings. The van der Waals surface area contributed by atoms with Gasteiger partial charge in [0.05, 0.1) is 18.5 Å². The quantitative estimate of drug-likeness (QED) is 0.402. The average Bonchev–Trinajstić information content (AvgIpc) is 2.64. The Morgan fingerprint density at radius 3 is 2.64 bits per heavy atom. The molecule has 0 unspecified atom stereocenters. The lowest BCUT2D eigenvalue weighted by molar-refractivity contribution is -0.110. The topological polar surface area (TPSA) is 112 Å². The van der Waals surface area contributed by atoms with Gasteiger partial charge >= 0.3 is 0 Å². The van der Waals surface area contributed by atoms with Crippen LogP contribution in [-0.2, 0) is 0 Å². The van der Waals surface area contributed by atoms with Crippen LogP contribution < -0.4 is 0 Å². The summed E-state index contributed by atoms with van der Waals surface area (Å²) in [5.41, 5.74) is 0.293. The largest absolute Gasteiger partial charge is 0.394 e. The van der Waals surface area contributed by atoms with Crippen molar-refractivity contribution in [1.82, 2.24) is 15.0 Å². The molecule has 7 nitrogen and oxygen atoms in total. The standard InChI is InChI=1S/C7H11N3O4/c11-2-4-6(13)7(14)5(12)3-1-8-9-10(3)4/h1,4-7,11-14H,2H2/t4-,5-,6-,7-/m1/s1. The Balaban J connectivity index is 2.44. The minimum absolute atomic E-state index is 0.293. The molecule has 1 aliphatic rings. The van der Waals surface area contributed by atoms with E-state index in [4.69, 9.17) is 5.11 Å². The van der Waals surface area contributed by atoms with Gasteiger partial charge in [0.15, 0.2) is 0 Å². The fraction of sp³-hybridized carbons (Fsp3) is 0.714. The third-order valence-electron chi connectivity index (χ3n) is 2.47. The Kier molecular flexibility index (Phi) is 2.23. The van der Waals surface area contributed by atoms with Crippen LogP contribution in [0.5, 0.6) is 0 Å². The van der Waals surface area contributed by atoms with Gasteiger partial charge in [-0.2, -0.15) is 0 Å². The van der Waals surface area contributed by atoms with E-state index < -0.39 is 24.4 Å². The van der Waals surface area contributed by atoms with Crippen LogP contribution in [-0.4, -0.2) is 54.2 Å². The van der Waals surface area contributed by atoms with E-state index in [1.807, 2.05) is 0 Å². The fourth-order valence-corrected chi connectivity index (χ4v) is 1.64. The molecular formula is C7H11N3O4. The summed E-state index contributed by atoms with van der Waals surface area (Å²) in [6.07, 6.45) is -2.49. The van der Waals surface area contributed by atoms with Crippen LogP contribution in [0.15, 0.2) is 6.20 Å². The second-order valence-corrected chi connectivity index (χ2v) is 3.28. The van der Waals surface area contributed by atoms with Crippen LogP contribution in [0.1, 0.15) is 17.8 Å². The van der Waals surface area contributed by atoms with E-state index >= 15 is 0 Å². The summed E-state index contributed by atoms with van der Waals surface area (Å²) in [6.45, 7) is -0.374. The second-order valence-electron chi connectivity index (χ2n) is 3.28. The second kappa shape index (κ2) is 3.28. The molecule has 0 saturated carbocycles. The van der Waals surface area contributed by atoms with Crippen molar-refractivity contribution >= 4 is 0 Å². The van der Waals surface area contributed by atoms with E-state index in [2.05, 4.69) is 10.3 Å². The molecule has 0 spiro atoms. The number of aliphatic hydroxyl groups excluding tert-OH is 4. The van der Waals surface area contributed by atoms with Gasteiger partial charge in [-0.25, -0.2) is 4.68 Å². The minimum atomic E-state index is -1.32. The molecule has 4 atom stereocenters. The average molecular weight is 201 g/mol. The predicted octanol–water partition coefficient (Wildman–Crippen LogP) is -2.42. The van der Waals surface area contributed by atoms with Crippen molar-refractivity contribution in [1.29, 1.82) is 0 Å². The van der Waals surface area contributed by atoms with Gasteiger partial charge in [-0.15, -0.1) is 5.10 Å². The van der Waals surface area contributed by atoms with Gasteiger partial charge in [0.2, 0.25) is 0 Å². The number of hydrogen-bond acceptors (Lipinski definition) is 6. The number of rotatable bonds is 1. The normalized spacial score (nSPS) is 36.9. The number of aliphatic hydroxyl groups is 4. The molecule has 0 radical (unpaired) electrons. The number of hydrogen-bond donors (Lipinski definition) is 4. The van der Waals surface area contributed by atoms with Gasteiger partial charge in [-0.3, -0.25) is 0 Å². The Hall–Kier alpha value is -1.02. The van der Waals surface area contributed by atoms with Crippen LogP contribution >= 0.6 is 0 Å². The molecule has 0 aliphatic carbocycles. The van der Waals surface area contributed by atoms with Crippen LogP contribution in [0.4, 0.5) is 0 Å². The highest BCUT2D eigenvalue weighted by molar-refractivity contribution is 5.09. The summed E-state index contributed by atoms with van der Waals surface area (Å²) in [5.74, 6) is 0. The lowest BCUT2D eigenvalue weighted by Gasteiger charge is -2.34. The number of fused-ring (bicyclic) bond motifs is 1. The van der Waals surface area contributed by atoms with E-state index in [-0.39, 0.29) is 6.61 Å². The molecular weight excluding hydrogens is 190 g/mol. The summed E-state index contributed by atoms with van der Waals surface area (Å²) in [6, 6.07) is -0.758. The predicted molar refractivity (Wildman–Crippen MR) is 43.1 cm³/mol. The van der Waals surface area contributed by atoms with Crippen molar-refractivity contribution in [3.63, 3.8) is 0 Å². The molecule has 0 aromatic carbocycles. The van der Waals surface area contributed by atoms with Crippen LogP contribution in [0, 0.1) is 0 Å². The van der Waals surface area contributed by atoms with Crippen molar-refractivity contribution in [2.24, 2.45) is 0 Å². The van der Waals surface area contributed by atoms with Crippen LogP contribution in [0.25, 0.3) is 0 Å². The van der Waals surface area contributed by atoms with Gasteiger partial charge in [-0.05, 0) is 0 Å². The Bertz CT molecular complexity index is 328. The first-order valence-corrected chi connectivity index (χ1v) is 4.22. The van der Waals surface area contributed by atoms with Gasteiger partial charge in [-0.1, -0.05) is 5.21 Å². The van der Waals surface area contributed by atoms with E-state index in [0.29, 0.717) is 5.69 Å². The van der Waals surface area contributed by atoms with Gasteiger partial charge in [0, 0.05) is 0 Å². The molecule has 78 valence electrons. The van der Waals surface area contributed by atoms with E-state index in [9.17, 15) is 15.3 Å². The Morgan fingerprint density at radius 1 is 1.29 bits per heavy atom. The zero-order chi connectivity index (χ0) is 10.3. The molecule has 0 amide bonds. The monoisotopic (exact) mass is 201 g/mol. The smallest absolute Gasteiger partial charge is 0.126 e. The summed E-state index contributed by atoms with van der Waals surface area (Å²) >= 11 is 0. The van der Waals surface area contributed by atoms with E-state index in [1.54, 1.807) is 0 Å². The highest BCUT2D eigenvalue weighted by Gasteiger charge is 2.41. The minimum Gasteiger partial charge on any atom is -0.394 e. The lowest BCUT2D eigenvalue weighted by atomic mass is 9.95. The van der Waals surface area contributed by atoms with Gasteiger partial charge < -0.3 is 20.4 Å². The molecule has 4 N–H and O–H groups in total. The molecule has 2 heterocycles. The highest BCUT2D eigenvalue weighted by Crippen LogP contribution is 2.30. The molecule has 2 rings (SSSR count). The van der Waals surface area contributed by atoms with Gasteiger partial charge in [0.25, 0.3) is 0 Å². The van der Waals surface area contributed by atoms with E-state index in [0.717, 1.165) is 0 Å². The third-order valence-corrected chi connectivity index (χ3v) is 2.47. The molecule has 7 heteroatoms. The zero-order valence-corrected chi connectivity index (χ0v) is 7.22. The summed E-state index contributed by atoms with van der Waals surface area (Å²) in [7, 11) is 0. The van der Waals surface area contributed by atoms with Crippen molar-refractivity contribution in [2.75, 3.05) is 6.61 Å². The Morgan fingerprint density at radius 2 is 2.00 bits per heavy atom. The number of nitrogens with zero attached hydrogens (tertiary/aromatic N) is 3. The summed E-state index contributed by atoms with van der Waals surface area (Å²) in [5, 5.41) is 44.6. The fourth-order valence-electron chi connectivity index (χ4n) is 1.64. The maximum absolute atomic E-state index is 9.51. The maximum Gasteiger partial charge on any atom is 0.126 e. The van der Waals surface area contributed by atoms with Crippen LogP contribution in [0.2, 0.25) is 0 Å². The van der Waals surface area contributed by atoms with Crippen LogP contribution in [0.3, 0.4) is 0 Å². The molecule has 0 bridgehead atoms. The van der Waals surface area contributed by atoms with Crippen molar-refractivity contribution in [3.05, 3.63) is 11.9 Å². The number of aromatic nitrogens is 3. The zero-order valence-electron chi connectivity index (χ0n) is 7.22. The maximum atomic E-state index is 9.51.